The van der Waals surface area contributed by atoms with Gasteiger partial charge in [0.05, 0.1) is 0 Å². The van der Waals surface area contributed by atoms with Gasteiger partial charge in [-0.25, -0.2) is 0 Å². The summed E-state index contributed by atoms with van der Waals surface area (Å²) in [6.45, 7) is 4.57. The van der Waals surface area contributed by atoms with Crippen molar-refractivity contribution in [3.63, 3.8) is 0 Å². The average Bonchev–Trinajstić information content (AvgIpc) is 1.88. The number of hydrogen-bond acceptors (Lipinski definition) is 0. The minimum atomic E-state index is 0.432. The summed E-state index contributed by atoms with van der Waals surface area (Å²) in [7, 11) is 0. The highest BCUT2D eigenvalue weighted by Gasteiger charge is 2.11. The maximum absolute atomic E-state index is 2.29. The zero-order valence-electron chi connectivity index (χ0n) is 6.89. The molecule has 0 fully saturated rings. The molecule has 1 aromatic carbocycles. The van der Waals surface area contributed by atoms with Gasteiger partial charge in [-0.3, -0.25) is 0 Å². The van der Waals surface area contributed by atoms with Gasteiger partial charge < -0.3 is 0 Å². The van der Waals surface area contributed by atoms with Crippen LogP contribution in [0.25, 0.3) is 0 Å². The minimum Gasteiger partial charge on any atom is -0.0688 e. The molecular weight excluding hydrogens is 135 g/mol. The van der Waals surface area contributed by atoms with Crippen molar-refractivity contribution >= 4 is 16.3 Å². The van der Waals surface area contributed by atoms with Crippen molar-refractivity contribution in [3.8, 4) is 0 Å². The van der Waals surface area contributed by atoms with E-state index in [1.807, 2.05) is 0 Å². The van der Waals surface area contributed by atoms with Crippen LogP contribution in [-0.2, 0) is 4.28 Å². The van der Waals surface area contributed by atoms with E-state index in [2.05, 4.69) is 44.2 Å². The fourth-order valence-corrected chi connectivity index (χ4v) is 1.27. The third-order valence-electron chi connectivity index (χ3n) is 1.64. The van der Waals surface area contributed by atoms with Crippen molar-refractivity contribution in [1.82, 2.24) is 0 Å². The van der Waals surface area contributed by atoms with Gasteiger partial charge in [0.15, 0.2) is 0 Å². The summed E-state index contributed by atoms with van der Waals surface area (Å²) in [5, 5.41) is 0. The smallest absolute Gasteiger partial charge is 0.0688 e. The van der Waals surface area contributed by atoms with E-state index < -0.39 is 0 Å². The molecule has 10 heavy (non-hydrogen) atoms. The number of hydrogen-bond donors (Lipinski definition) is 0. The van der Waals surface area contributed by atoms with Gasteiger partial charge in [-0.1, -0.05) is 54.0 Å². The maximum atomic E-state index is 2.29. The molecule has 0 aromatic heterocycles. The summed E-state index contributed by atoms with van der Waals surface area (Å²) >= 11 is 1.22. The molecule has 0 unspecified atom stereocenters. The molecular formula is C9H13Al. The Labute approximate surface area is 70.7 Å². The molecule has 1 aromatic rings. The SMILES string of the molecule is C[C](C)([AlH2])c1ccccc1. The largest absolute Gasteiger partial charge is 0.227 e. The monoisotopic (exact) mass is 148 g/mol. The van der Waals surface area contributed by atoms with Gasteiger partial charge in [0, 0.05) is 0 Å². The second-order valence-electron chi connectivity index (χ2n) is 3.62. The summed E-state index contributed by atoms with van der Waals surface area (Å²) in [6.07, 6.45) is 0. The Kier molecular flexibility index (Phi) is 2.18. The molecule has 52 valence electrons. The van der Waals surface area contributed by atoms with Gasteiger partial charge in [0.25, 0.3) is 0 Å². The van der Waals surface area contributed by atoms with E-state index in [0.717, 1.165) is 0 Å². The Bertz CT molecular complexity index is 196. The molecule has 0 aliphatic rings. The van der Waals surface area contributed by atoms with Crippen molar-refractivity contribution in [3.05, 3.63) is 35.9 Å². The molecule has 0 aliphatic heterocycles. The number of benzene rings is 1. The maximum Gasteiger partial charge on any atom is 0.227 e. The van der Waals surface area contributed by atoms with Crippen molar-refractivity contribution < 1.29 is 0 Å². The van der Waals surface area contributed by atoms with E-state index >= 15 is 0 Å². The normalized spacial score (nSPS) is 11.4. The van der Waals surface area contributed by atoms with Crippen LogP contribution in [0.4, 0.5) is 0 Å². The summed E-state index contributed by atoms with van der Waals surface area (Å²) in [4.78, 5) is 0. The van der Waals surface area contributed by atoms with Crippen LogP contribution >= 0.6 is 0 Å². The highest BCUT2D eigenvalue weighted by atomic mass is 27.0. The topological polar surface area (TPSA) is 0 Å². The molecule has 0 radical (unpaired) electrons. The van der Waals surface area contributed by atoms with Crippen molar-refractivity contribution in [1.29, 1.82) is 0 Å². The van der Waals surface area contributed by atoms with E-state index in [9.17, 15) is 0 Å². The van der Waals surface area contributed by atoms with E-state index in [0.29, 0.717) is 4.28 Å². The van der Waals surface area contributed by atoms with Crippen LogP contribution < -0.4 is 0 Å². The van der Waals surface area contributed by atoms with Gasteiger partial charge in [-0.15, -0.1) is 0 Å². The first kappa shape index (κ1) is 7.86. The lowest BCUT2D eigenvalue weighted by Gasteiger charge is -2.18. The Hall–Kier alpha value is -0.248. The molecule has 0 N–H and O–H groups in total. The molecule has 0 nitrogen and oxygen atoms in total. The van der Waals surface area contributed by atoms with Crippen molar-refractivity contribution in [2.24, 2.45) is 0 Å². The molecule has 0 aliphatic carbocycles. The zero-order valence-corrected chi connectivity index (χ0v) is 8.89. The summed E-state index contributed by atoms with van der Waals surface area (Å²) in [6, 6.07) is 10.7. The lowest BCUT2D eigenvalue weighted by atomic mass is 10.0. The summed E-state index contributed by atoms with van der Waals surface area (Å²) in [5.74, 6) is 0. The third kappa shape index (κ3) is 1.87. The summed E-state index contributed by atoms with van der Waals surface area (Å²) < 4.78 is 0.432. The van der Waals surface area contributed by atoms with Crippen LogP contribution in [0, 0.1) is 0 Å². The van der Waals surface area contributed by atoms with Crippen molar-refractivity contribution in [2.75, 3.05) is 0 Å². The number of rotatable bonds is 1. The predicted octanol–water partition coefficient (Wildman–Crippen LogP) is 1.55. The zero-order chi connectivity index (χ0) is 7.61. The van der Waals surface area contributed by atoms with Crippen LogP contribution in [0.2, 0.25) is 0 Å². The quantitative estimate of drug-likeness (QED) is 0.530. The highest BCUT2D eigenvalue weighted by Crippen LogP contribution is 2.17. The Morgan fingerprint density at radius 2 is 1.60 bits per heavy atom. The Morgan fingerprint density at radius 1 is 1.10 bits per heavy atom. The molecule has 1 heteroatoms. The molecule has 0 atom stereocenters. The molecule has 0 amide bonds. The minimum absolute atomic E-state index is 0.432. The van der Waals surface area contributed by atoms with Gasteiger partial charge in [-0.2, -0.15) is 0 Å². The van der Waals surface area contributed by atoms with Gasteiger partial charge in [0.2, 0.25) is 16.3 Å². The molecule has 0 saturated heterocycles. The van der Waals surface area contributed by atoms with E-state index in [1.165, 1.54) is 21.9 Å². The van der Waals surface area contributed by atoms with Crippen LogP contribution in [-0.4, -0.2) is 16.3 Å². The summed E-state index contributed by atoms with van der Waals surface area (Å²) in [5.41, 5.74) is 1.46. The van der Waals surface area contributed by atoms with Crippen LogP contribution in [0.15, 0.2) is 30.3 Å². The third-order valence-corrected chi connectivity index (χ3v) is 2.22. The second kappa shape index (κ2) is 2.78. The molecule has 0 spiro atoms. The van der Waals surface area contributed by atoms with Gasteiger partial charge >= 0.3 is 0 Å². The van der Waals surface area contributed by atoms with Crippen LogP contribution in [0.3, 0.4) is 0 Å². The van der Waals surface area contributed by atoms with E-state index in [1.54, 1.807) is 0 Å². The first-order chi connectivity index (χ1) is 4.61. The molecule has 0 heterocycles. The van der Waals surface area contributed by atoms with Gasteiger partial charge in [0.1, 0.15) is 0 Å². The molecule has 0 saturated carbocycles. The predicted molar refractivity (Wildman–Crippen MR) is 48.0 cm³/mol. The van der Waals surface area contributed by atoms with Crippen molar-refractivity contribution in [2.45, 2.75) is 18.1 Å². The standard InChI is InChI=1S/C9H11.Al.2H/c1-8(2)9-6-4-3-5-7-9;;;/h3-7H,1-2H3;;;. The molecule has 0 bridgehead atoms. The van der Waals surface area contributed by atoms with Crippen LogP contribution in [0.5, 0.6) is 0 Å². The Balaban J connectivity index is 2.97. The van der Waals surface area contributed by atoms with Crippen LogP contribution in [0.1, 0.15) is 19.4 Å². The fourth-order valence-electron chi connectivity index (χ4n) is 0.938. The lowest BCUT2D eigenvalue weighted by molar-refractivity contribution is 0.764. The fraction of sp³-hybridized carbons (Fsp3) is 0.333. The Morgan fingerprint density at radius 3 is 1.90 bits per heavy atom. The van der Waals surface area contributed by atoms with E-state index in [-0.39, 0.29) is 0 Å². The average molecular weight is 148 g/mol. The lowest BCUT2D eigenvalue weighted by Crippen LogP contribution is -2.15. The van der Waals surface area contributed by atoms with Gasteiger partial charge in [-0.05, 0) is 0 Å². The first-order valence-electron chi connectivity index (χ1n) is 3.66. The highest BCUT2D eigenvalue weighted by molar-refractivity contribution is 6.15. The molecule has 1 rings (SSSR count). The first-order valence-corrected chi connectivity index (χ1v) is 4.66. The second-order valence-corrected chi connectivity index (χ2v) is 6.12. The van der Waals surface area contributed by atoms with E-state index in [4.69, 9.17) is 0 Å².